The van der Waals surface area contributed by atoms with Gasteiger partial charge in [0.25, 0.3) is 5.70 Å². The Hall–Kier alpha value is -2.62. The molecule has 0 saturated carbocycles. The van der Waals surface area contributed by atoms with Crippen LogP contribution in [0.4, 0.5) is 5.69 Å². The number of thiophene rings is 1. The van der Waals surface area contributed by atoms with Gasteiger partial charge >= 0.3 is 5.97 Å². The summed E-state index contributed by atoms with van der Waals surface area (Å²) >= 11 is 1.52. The molecule has 2 N–H and O–H groups in total. The SMILES string of the molecule is [C-]#[N+]/C(=C\c1cc2c(s1)-c1ccc(N(C)CCO)cc1C2(C)C)C(=O)O. The zero-order chi connectivity index (χ0) is 19.1. The number of nitrogens with zero attached hydrogens (tertiary/aromatic N) is 2. The maximum Gasteiger partial charge on any atom is 0.333 e. The number of aliphatic carboxylic acids is 1. The lowest BCUT2D eigenvalue weighted by Crippen LogP contribution is -2.22. The van der Waals surface area contributed by atoms with Crippen molar-refractivity contribution in [2.75, 3.05) is 25.1 Å². The van der Waals surface area contributed by atoms with Crippen molar-refractivity contribution in [3.05, 3.63) is 57.4 Å². The number of rotatable bonds is 5. The predicted molar refractivity (Wildman–Crippen MR) is 104 cm³/mol. The number of anilines is 1. The first-order valence-corrected chi connectivity index (χ1v) is 9.05. The molecule has 0 fully saturated rings. The molecule has 0 amide bonds. The van der Waals surface area contributed by atoms with Crippen LogP contribution in [0.15, 0.2) is 30.0 Å². The van der Waals surface area contributed by atoms with Crippen molar-refractivity contribution in [2.24, 2.45) is 0 Å². The van der Waals surface area contributed by atoms with Crippen molar-refractivity contribution in [2.45, 2.75) is 19.3 Å². The molecule has 0 aliphatic heterocycles. The number of fused-ring (bicyclic) bond motifs is 3. The summed E-state index contributed by atoms with van der Waals surface area (Å²) in [6, 6.07) is 8.28. The third-order valence-corrected chi connectivity index (χ3v) is 5.96. The first-order chi connectivity index (χ1) is 12.3. The molecule has 1 heterocycles. The molecule has 1 aromatic carbocycles. The zero-order valence-corrected chi connectivity index (χ0v) is 15.7. The number of hydrogen-bond donors (Lipinski definition) is 2. The van der Waals surface area contributed by atoms with E-state index in [-0.39, 0.29) is 17.7 Å². The fourth-order valence-corrected chi connectivity index (χ4v) is 4.63. The Kier molecular flexibility index (Phi) is 4.61. The molecule has 2 aromatic rings. The van der Waals surface area contributed by atoms with Crippen LogP contribution in [0.3, 0.4) is 0 Å². The van der Waals surface area contributed by atoms with Crippen molar-refractivity contribution >= 4 is 29.1 Å². The van der Waals surface area contributed by atoms with Gasteiger partial charge in [0.05, 0.1) is 13.2 Å². The summed E-state index contributed by atoms with van der Waals surface area (Å²) in [6.45, 7) is 12.0. The topological polar surface area (TPSA) is 65.1 Å². The van der Waals surface area contributed by atoms with Crippen LogP contribution in [0, 0.1) is 6.57 Å². The van der Waals surface area contributed by atoms with E-state index < -0.39 is 5.97 Å². The Morgan fingerprint density at radius 3 is 2.69 bits per heavy atom. The molecule has 0 bridgehead atoms. The second kappa shape index (κ2) is 6.60. The molecule has 0 atom stereocenters. The van der Waals surface area contributed by atoms with Crippen LogP contribution < -0.4 is 4.90 Å². The van der Waals surface area contributed by atoms with Gasteiger partial charge in [0.15, 0.2) is 0 Å². The van der Waals surface area contributed by atoms with E-state index in [1.807, 2.05) is 24.1 Å². The Bertz CT molecular complexity index is 950. The van der Waals surface area contributed by atoms with Crippen LogP contribution in [0.1, 0.15) is 29.9 Å². The number of aliphatic hydroxyl groups is 1. The van der Waals surface area contributed by atoms with Gasteiger partial charge in [0, 0.05) is 34.4 Å². The summed E-state index contributed by atoms with van der Waals surface area (Å²) in [4.78, 5) is 18.1. The average molecular weight is 368 g/mol. The molecule has 6 heteroatoms. The molecule has 1 aliphatic rings. The third kappa shape index (κ3) is 2.90. The first-order valence-electron chi connectivity index (χ1n) is 8.23. The van der Waals surface area contributed by atoms with Crippen LogP contribution in [0.2, 0.25) is 0 Å². The lowest BCUT2D eigenvalue weighted by Gasteiger charge is -2.24. The van der Waals surface area contributed by atoms with E-state index >= 15 is 0 Å². The molecular weight excluding hydrogens is 348 g/mol. The van der Waals surface area contributed by atoms with Gasteiger partial charge in [-0.3, -0.25) is 4.79 Å². The first kappa shape index (κ1) is 18.2. The molecule has 26 heavy (non-hydrogen) atoms. The number of carbonyl (C=O) groups is 1. The summed E-state index contributed by atoms with van der Waals surface area (Å²) in [5.41, 5.74) is 4.10. The standard InChI is InChI=1S/C20H20N2O3S/c1-20(2)15-9-12(22(4)7-8-23)5-6-14(15)18-16(20)10-13(26-18)11-17(21-3)19(24)25/h5-6,9-11,23H,7-8H2,1-2,4H3,(H,24,25)/b17-11-. The predicted octanol–water partition coefficient (Wildman–Crippen LogP) is 3.83. The lowest BCUT2D eigenvalue weighted by molar-refractivity contribution is -0.132. The van der Waals surface area contributed by atoms with Gasteiger partial charge in [0.2, 0.25) is 0 Å². The molecule has 3 rings (SSSR count). The van der Waals surface area contributed by atoms with E-state index in [0.717, 1.165) is 26.6 Å². The second-order valence-corrected chi connectivity index (χ2v) is 7.92. The Labute approximate surface area is 156 Å². The largest absolute Gasteiger partial charge is 0.486 e. The minimum Gasteiger partial charge on any atom is -0.486 e. The Morgan fingerprint density at radius 1 is 1.35 bits per heavy atom. The van der Waals surface area contributed by atoms with Gasteiger partial charge in [-0.15, -0.1) is 11.3 Å². The molecule has 134 valence electrons. The summed E-state index contributed by atoms with van der Waals surface area (Å²) in [6.07, 6.45) is 1.44. The van der Waals surface area contributed by atoms with E-state index in [4.69, 9.17) is 16.8 Å². The summed E-state index contributed by atoms with van der Waals surface area (Å²) in [5.74, 6) is -1.20. The van der Waals surface area contributed by atoms with Crippen LogP contribution in [0.5, 0.6) is 0 Å². The highest BCUT2D eigenvalue weighted by atomic mass is 32.1. The van der Waals surface area contributed by atoms with Crippen LogP contribution in [0.25, 0.3) is 21.4 Å². The van der Waals surface area contributed by atoms with E-state index in [1.165, 1.54) is 23.0 Å². The van der Waals surface area contributed by atoms with Crippen molar-refractivity contribution in [1.29, 1.82) is 0 Å². The Balaban J connectivity index is 2.07. The average Bonchev–Trinajstić information content (AvgIpc) is 3.10. The molecule has 0 unspecified atom stereocenters. The summed E-state index contributed by atoms with van der Waals surface area (Å²) in [5, 5.41) is 18.2. The van der Waals surface area contributed by atoms with E-state index in [0.29, 0.717) is 6.54 Å². The number of aliphatic hydroxyl groups excluding tert-OH is 1. The summed E-state index contributed by atoms with van der Waals surface area (Å²) < 4.78 is 0. The number of benzene rings is 1. The van der Waals surface area contributed by atoms with E-state index in [1.54, 1.807) is 0 Å². The molecule has 5 nitrogen and oxygen atoms in total. The minimum atomic E-state index is -1.20. The molecule has 0 radical (unpaired) electrons. The zero-order valence-electron chi connectivity index (χ0n) is 14.9. The lowest BCUT2D eigenvalue weighted by atomic mass is 9.82. The van der Waals surface area contributed by atoms with Gasteiger partial charge in [-0.2, -0.15) is 0 Å². The second-order valence-electron chi connectivity index (χ2n) is 6.84. The maximum atomic E-state index is 11.1. The molecule has 0 spiro atoms. The van der Waals surface area contributed by atoms with Gasteiger partial charge in [-0.25, -0.2) is 4.85 Å². The van der Waals surface area contributed by atoms with Crippen LogP contribution >= 0.6 is 11.3 Å². The van der Waals surface area contributed by atoms with Crippen LogP contribution in [-0.2, 0) is 10.2 Å². The highest BCUT2D eigenvalue weighted by Crippen LogP contribution is 2.53. The van der Waals surface area contributed by atoms with Crippen molar-refractivity contribution in [3.8, 4) is 10.4 Å². The van der Waals surface area contributed by atoms with Crippen molar-refractivity contribution < 1.29 is 15.0 Å². The minimum absolute atomic E-state index is 0.104. The number of likely N-dealkylation sites (N-methyl/N-ethyl adjacent to an activating group) is 1. The molecular formula is C20H20N2O3S. The Morgan fingerprint density at radius 2 is 2.08 bits per heavy atom. The monoisotopic (exact) mass is 368 g/mol. The van der Waals surface area contributed by atoms with E-state index in [2.05, 4.69) is 30.8 Å². The number of carboxylic acids is 1. The van der Waals surface area contributed by atoms with Crippen molar-refractivity contribution in [1.82, 2.24) is 0 Å². The molecule has 1 aromatic heterocycles. The highest BCUT2D eigenvalue weighted by molar-refractivity contribution is 7.16. The van der Waals surface area contributed by atoms with E-state index in [9.17, 15) is 4.79 Å². The number of carboxylic acid groups (broad SMARTS) is 1. The molecule has 0 saturated heterocycles. The fourth-order valence-electron chi connectivity index (χ4n) is 3.33. The van der Waals surface area contributed by atoms with Gasteiger partial charge in [-0.05, 0) is 41.0 Å². The fraction of sp³-hybridized carbons (Fsp3) is 0.300. The highest BCUT2D eigenvalue weighted by Gasteiger charge is 2.37. The smallest absolute Gasteiger partial charge is 0.333 e. The quantitative estimate of drug-likeness (QED) is 0.622. The third-order valence-electron chi connectivity index (χ3n) is 4.84. The van der Waals surface area contributed by atoms with Crippen LogP contribution in [-0.4, -0.2) is 36.4 Å². The number of hydrogen-bond acceptors (Lipinski definition) is 4. The molecule has 1 aliphatic carbocycles. The van der Waals surface area contributed by atoms with Crippen molar-refractivity contribution in [3.63, 3.8) is 0 Å². The van der Waals surface area contributed by atoms with Gasteiger partial charge in [0.1, 0.15) is 0 Å². The normalized spacial score (nSPS) is 14.5. The van der Waals surface area contributed by atoms with Gasteiger partial charge in [-0.1, -0.05) is 19.9 Å². The summed E-state index contributed by atoms with van der Waals surface area (Å²) in [7, 11) is 1.95. The maximum absolute atomic E-state index is 11.1. The van der Waals surface area contributed by atoms with Gasteiger partial charge < -0.3 is 15.1 Å².